The van der Waals surface area contributed by atoms with Crippen molar-refractivity contribution in [1.29, 1.82) is 0 Å². The van der Waals surface area contributed by atoms with Gasteiger partial charge in [0.15, 0.2) is 0 Å². The second-order valence-electron chi connectivity index (χ2n) is 4.14. The molecule has 1 aliphatic heterocycles. The molecule has 14 heavy (non-hydrogen) atoms. The van der Waals surface area contributed by atoms with Gasteiger partial charge in [0, 0.05) is 12.2 Å². The van der Waals surface area contributed by atoms with E-state index in [2.05, 4.69) is 35.9 Å². The lowest BCUT2D eigenvalue weighted by molar-refractivity contribution is 0.490. The van der Waals surface area contributed by atoms with Crippen LogP contribution in [0.25, 0.3) is 0 Å². The van der Waals surface area contributed by atoms with Crippen molar-refractivity contribution in [2.75, 3.05) is 6.54 Å². The number of aliphatic imine (C=N–C) groups is 1. The number of hydrogen-bond donors (Lipinski definition) is 0. The Bertz CT molecular complexity index is 299. The summed E-state index contributed by atoms with van der Waals surface area (Å²) in [6, 6.07) is 0.414. The van der Waals surface area contributed by atoms with Crippen LogP contribution in [0.2, 0.25) is 0 Å². The third kappa shape index (κ3) is 1.74. The fourth-order valence-electron chi connectivity index (χ4n) is 1.98. The van der Waals surface area contributed by atoms with E-state index >= 15 is 0 Å². The van der Waals surface area contributed by atoms with Crippen molar-refractivity contribution in [3.8, 4) is 0 Å². The minimum atomic E-state index is 0.414. The van der Waals surface area contributed by atoms with E-state index in [9.17, 15) is 0 Å². The fourth-order valence-corrected chi connectivity index (χ4v) is 1.98. The van der Waals surface area contributed by atoms with Gasteiger partial charge in [-0.05, 0) is 25.8 Å². The van der Waals surface area contributed by atoms with Gasteiger partial charge in [-0.3, -0.25) is 4.99 Å². The van der Waals surface area contributed by atoms with Gasteiger partial charge in [0.2, 0.25) is 0 Å². The zero-order valence-electron chi connectivity index (χ0n) is 9.03. The third-order valence-corrected chi connectivity index (χ3v) is 2.87. The number of unbranched alkanes of at least 4 members (excludes halogenated alkanes) is 1. The van der Waals surface area contributed by atoms with E-state index in [0.717, 1.165) is 13.0 Å². The molecule has 1 unspecified atom stereocenters. The van der Waals surface area contributed by atoms with Gasteiger partial charge in [0.1, 0.15) is 0 Å². The van der Waals surface area contributed by atoms with Crippen molar-refractivity contribution in [1.82, 2.24) is 4.90 Å². The monoisotopic (exact) mass is 190 g/mol. The van der Waals surface area contributed by atoms with E-state index in [0.29, 0.717) is 6.04 Å². The van der Waals surface area contributed by atoms with Gasteiger partial charge >= 0.3 is 0 Å². The molecule has 2 heteroatoms. The Hall–Kier alpha value is -1.05. The Morgan fingerprint density at radius 1 is 1.50 bits per heavy atom. The van der Waals surface area contributed by atoms with Crippen molar-refractivity contribution in [2.45, 2.75) is 39.2 Å². The zero-order chi connectivity index (χ0) is 9.97. The highest BCUT2D eigenvalue weighted by atomic mass is 15.2. The molecular formula is C12H18N2. The van der Waals surface area contributed by atoms with Gasteiger partial charge in [-0.15, -0.1) is 0 Å². The van der Waals surface area contributed by atoms with Crippen molar-refractivity contribution in [3.05, 3.63) is 23.4 Å². The summed E-state index contributed by atoms with van der Waals surface area (Å²) in [7, 11) is 0. The maximum atomic E-state index is 4.53. The first-order valence-electron chi connectivity index (χ1n) is 5.48. The lowest BCUT2D eigenvalue weighted by atomic mass is 9.99. The van der Waals surface area contributed by atoms with Gasteiger partial charge in [-0.2, -0.15) is 0 Å². The molecule has 0 aromatic rings. The van der Waals surface area contributed by atoms with E-state index < -0.39 is 0 Å². The molecule has 0 bridgehead atoms. The van der Waals surface area contributed by atoms with E-state index in [1.165, 1.54) is 24.1 Å². The molecule has 76 valence electrons. The second kappa shape index (κ2) is 3.99. The summed E-state index contributed by atoms with van der Waals surface area (Å²) in [5.41, 5.74) is 2.83. The molecule has 0 amide bonds. The maximum absolute atomic E-state index is 4.53. The Labute approximate surface area is 86.0 Å². The fraction of sp³-hybridized carbons (Fsp3) is 0.583. The van der Waals surface area contributed by atoms with Crippen LogP contribution >= 0.6 is 0 Å². The van der Waals surface area contributed by atoms with Crippen molar-refractivity contribution in [2.24, 2.45) is 4.99 Å². The molecule has 0 spiro atoms. The summed E-state index contributed by atoms with van der Waals surface area (Å²) in [5, 5.41) is 0. The van der Waals surface area contributed by atoms with E-state index in [1.54, 1.807) is 0 Å². The van der Waals surface area contributed by atoms with Crippen LogP contribution in [0.3, 0.4) is 0 Å². The third-order valence-electron chi connectivity index (χ3n) is 2.87. The predicted octanol–water partition coefficient (Wildman–Crippen LogP) is 2.73. The molecule has 0 saturated carbocycles. The number of rotatable bonds is 3. The Kier molecular flexibility index (Phi) is 2.71. The molecule has 0 radical (unpaired) electrons. The molecule has 2 nitrogen and oxygen atoms in total. The average Bonchev–Trinajstić information content (AvgIpc) is 2.57. The van der Waals surface area contributed by atoms with Crippen molar-refractivity contribution >= 4 is 6.34 Å². The standard InChI is InChI=1S/C12H18N2/c1-3-4-7-14-9-13-11-8-10(2)5-6-12(11)14/h5-6,9,11H,3-4,7-8H2,1-2H3. The van der Waals surface area contributed by atoms with Crippen LogP contribution in [0.4, 0.5) is 0 Å². The van der Waals surface area contributed by atoms with Gasteiger partial charge < -0.3 is 4.90 Å². The molecule has 1 atom stereocenters. The predicted molar refractivity (Wildman–Crippen MR) is 60.4 cm³/mol. The molecule has 1 aliphatic carbocycles. The topological polar surface area (TPSA) is 15.6 Å². The van der Waals surface area contributed by atoms with Crippen molar-refractivity contribution in [3.63, 3.8) is 0 Å². The zero-order valence-corrected chi connectivity index (χ0v) is 9.03. The van der Waals surface area contributed by atoms with Crippen LogP contribution in [0.5, 0.6) is 0 Å². The number of hydrogen-bond acceptors (Lipinski definition) is 2. The van der Waals surface area contributed by atoms with E-state index in [4.69, 9.17) is 0 Å². The second-order valence-corrected chi connectivity index (χ2v) is 4.14. The quantitative estimate of drug-likeness (QED) is 0.668. The lowest BCUT2D eigenvalue weighted by Crippen LogP contribution is -2.23. The minimum Gasteiger partial charge on any atom is -0.334 e. The summed E-state index contributed by atoms with van der Waals surface area (Å²) < 4.78 is 0. The number of fused-ring (bicyclic) bond motifs is 1. The van der Waals surface area contributed by atoms with Gasteiger partial charge in [0.25, 0.3) is 0 Å². The number of nitrogens with zero attached hydrogens (tertiary/aromatic N) is 2. The smallest absolute Gasteiger partial charge is 0.0954 e. The van der Waals surface area contributed by atoms with Crippen LogP contribution in [0.15, 0.2) is 28.4 Å². The van der Waals surface area contributed by atoms with Crippen LogP contribution in [0.1, 0.15) is 33.1 Å². The van der Waals surface area contributed by atoms with Gasteiger partial charge in [-0.25, -0.2) is 0 Å². The molecule has 0 aromatic heterocycles. The SMILES string of the molecule is CCCCN1C=NC2CC(C)=CC=C21. The largest absolute Gasteiger partial charge is 0.334 e. The van der Waals surface area contributed by atoms with E-state index in [1.807, 2.05) is 6.34 Å². The summed E-state index contributed by atoms with van der Waals surface area (Å²) in [4.78, 5) is 6.84. The highest BCUT2D eigenvalue weighted by molar-refractivity contribution is 5.64. The van der Waals surface area contributed by atoms with Crippen LogP contribution in [0, 0.1) is 0 Å². The normalized spacial score (nSPS) is 24.7. The molecule has 2 aliphatic rings. The van der Waals surface area contributed by atoms with Crippen molar-refractivity contribution < 1.29 is 0 Å². The molecule has 0 fully saturated rings. The van der Waals surface area contributed by atoms with Crippen LogP contribution < -0.4 is 0 Å². The first-order valence-corrected chi connectivity index (χ1v) is 5.48. The summed E-state index contributed by atoms with van der Waals surface area (Å²) >= 11 is 0. The first-order chi connectivity index (χ1) is 6.81. The van der Waals surface area contributed by atoms with E-state index in [-0.39, 0.29) is 0 Å². The first kappa shape index (κ1) is 9.50. The van der Waals surface area contributed by atoms with Crippen LogP contribution in [-0.4, -0.2) is 23.8 Å². The molecule has 1 heterocycles. The summed E-state index contributed by atoms with van der Waals surface area (Å²) in [6.07, 6.45) is 10.1. The number of allylic oxidation sites excluding steroid dienone is 2. The molecular weight excluding hydrogens is 172 g/mol. The Balaban J connectivity index is 2.05. The highest BCUT2D eigenvalue weighted by Crippen LogP contribution is 2.27. The van der Waals surface area contributed by atoms with Gasteiger partial charge in [-0.1, -0.05) is 25.0 Å². The molecule has 0 N–H and O–H groups in total. The molecule has 0 saturated heterocycles. The average molecular weight is 190 g/mol. The van der Waals surface area contributed by atoms with Crippen LogP contribution in [-0.2, 0) is 0 Å². The molecule has 0 aromatic carbocycles. The Morgan fingerprint density at radius 2 is 2.36 bits per heavy atom. The summed E-state index contributed by atoms with van der Waals surface area (Å²) in [5.74, 6) is 0. The molecule has 2 rings (SSSR count). The van der Waals surface area contributed by atoms with Gasteiger partial charge in [0.05, 0.1) is 12.4 Å². The highest BCUT2D eigenvalue weighted by Gasteiger charge is 2.25. The summed E-state index contributed by atoms with van der Waals surface area (Å²) in [6.45, 7) is 5.52. The Morgan fingerprint density at radius 3 is 3.14 bits per heavy atom. The minimum absolute atomic E-state index is 0.414. The maximum Gasteiger partial charge on any atom is 0.0954 e. The lowest BCUT2D eigenvalue weighted by Gasteiger charge is -2.22.